The Labute approximate surface area is 136 Å². The van der Waals surface area contributed by atoms with Crippen molar-refractivity contribution in [3.05, 3.63) is 33.8 Å². The minimum atomic E-state index is -2.93. The minimum Gasteiger partial charge on any atom is -0.313 e. The average molecular weight is 374 g/mol. The number of nitrogens with one attached hydrogen (secondary N) is 1. The zero-order chi connectivity index (χ0) is 15.6. The molecular weight excluding hydrogens is 350 g/mol. The van der Waals surface area contributed by atoms with E-state index in [4.69, 9.17) is 0 Å². The highest BCUT2D eigenvalue weighted by atomic mass is 79.9. The molecule has 0 heterocycles. The zero-order valence-corrected chi connectivity index (χ0v) is 15.3. The second-order valence-corrected chi connectivity index (χ2v) is 9.39. The Morgan fingerprint density at radius 2 is 2.05 bits per heavy atom. The Hall–Kier alpha value is -0.390. The fourth-order valence-corrected chi connectivity index (χ4v) is 5.17. The molecule has 0 amide bonds. The van der Waals surface area contributed by atoms with Crippen molar-refractivity contribution >= 4 is 25.8 Å². The number of rotatable bonds is 4. The standard InChI is InChI=1S/C16H24BrNO2S/c1-11-9-13(17)7-8-15(11)16(18-2)12-5-4-6-14(10-12)21(3,19)20/h7-9,12,14,16,18H,4-6,10H2,1-3H3. The Morgan fingerprint density at radius 1 is 1.33 bits per heavy atom. The van der Waals surface area contributed by atoms with Crippen molar-refractivity contribution in [1.29, 1.82) is 0 Å². The highest BCUT2D eigenvalue weighted by molar-refractivity contribution is 9.10. The summed E-state index contributed by atoms with van der Waals surface area (Å²) >= 11 is 3.50. The smallest absolute Gasteiger partial charge is 0.150 e. The zero-order valence-electron chi connectivity index (χ0n) is 12.9. The second-order valence-electron chi connectivity index (χ2n) is 6.15. The maximum atomic E-state index is 11.9. The van der Waals surface area contributed by atoms with Crippen molar-refractivity contribution in [2.75, 3.05) is 13.3 Å². The quantitative estimate of drug-likeness (QED) is 0.876. The highest BCUT2D eigenvalue weighted by Gasteiger charge is 2.33. The van der Waals surface area contributed by atoms with Gasteiger partial charge in [0.1, 0.15) is 9.84 Å². The Morgan fingerprint density at radius 3 is 2.62 bits per heavy atom. The van der Waals surface area contributed by atoms with Crippen LogP contribution >= 0.6 is 15.9 Å². The summed E-state index contributed by atoms with van der Waals surface area (Å²) in [5.41, 5.74) is 2.52. The molecule has 1 aliphatic carbocycles. The third-order valence-electron chi connectivity index (χ3n) is 4.62. The van der Waals surface area contributed by atoms with Gasteiger partial charge in [-0.1, -0.05) is 28.4 Å². The van der Waals surface area contributed by atoms with Crippen molar-refractivity contribution in [3.63, 3.8) is 0 Å². The third kappa shape index (κ3) is 4.08. The molecule has 0 radical (unpaired) electrons. The summed E-state index contributed by atoms with van der Waals surface area (Å²) in [6.07, 6.45) is 5.04. The summed E-state index contributed by atoms with van der Waals surface area (Å²) in [5.74, 6) is 0.378. The van der Waals surface area contributed by atoms with Crippen LogP contribution in [-0.2, 0) is 9.84 Å². The van der Waals surface area contributed by atoms with Gasteiger partial charge in [-0.15, -0.1) is 0 Å². The van der Waals surface area contributed by atoms with Crippen LogP contribution in [0.1, 0.15) is 42.9 Å². The molecule has 0 saturated heterocycles. The lowest BCUT2D eigenvalue weighted by Crippen LogP contribution is -2.34. The van der Waals surface area contributed by atoms with E-state index in [0.29, 0.717) is 5.92 Å². The van der Waals surface area contributed by atoms with Gasteiger partial charge < -0.3 is 5.32 Å². The Kier molecular flexibility index (Phi) is 5.49. The van der Waals surface area contributed by atoms with Gasteiger partial charge in [0.25, 0.3) is 0 Å². The van der Waals surface area contributed by atoms with Gasteiger partial charge in [0, 0.05) is 16.8 Å². The molecule has 118 valence electrons. The molecule has 1 fully saturated rings. The number of halogens is 1. The molecule has 1 aliphatic rings. The van der Waals surface area contributed by atoms with Gasteiger partial charge >= 0.3 is 0 Å². The first-order valence-electron chi connectivity index (χ1n) is 7.45. The Bertz CT molecular complexity index is 600. The molecule has 0 aromatic heterocycles. The molecule has 21 heavy (non-hydrogen) atoms. The van der Waals surface area contributed by atoms with Crippen LogP contribution in [0, 0.1) is 12.8 Å². The molecular formula is C16H24BrNO2S. The second kappa shape index (κ2) is 6.80. The lowest BCUT2D eigenvalue weighted by atomic mass is 9.80. The number of sulfone groups is 1. The molecule has 0 bridgehead atoms. The van der Waals surface area contributed by atoms with Crippen molar-refractivity contribution in [2.45, 2.75) is 43.9 Å². The summed E-state index contributed by atoms with van der Waals surface area (Å²) < 4.78 is 24.8. The molecule has 0 aliphatic heterocycles. The topological polar surface area (TPSA) is 46.2 Å². The fraction of sp³-hybridized carbons (Fsp3) is 0.625. The maximum Gasteiger partial charge on any atom is 0.150 e. The Balaban J connectivity index is 2.24. The average Bonchev–Trinajstić information content (AvgIpc) is 2.41. The van der Waals surface area contributed by atoms with Crippen molar-refractivity contribution in [1.82, 2.24) is 5.32 Å². The van der Waals surface area contributed by atoms with Gasteiger partial charge in [-0.25, -0.2) is 8.42 Å². The summed E-state index contributed by atoms with van der Waals surface area (Å²) in [7, 11) is -0.966. The lowest BCUT2D eigenvalue weighted by Gasteiger charge is -2.34. The molecule has 5 heteroatoms. The first-order chi connectivity index (χ1) is 9.82. The van der Waals surface area contributed by atoms with E-state index in [1.807, 2.05) is 7.05 Å². The van der Waals surface area contributed by atoms with E-state index in [2.05, 4.69) is 46.4 Å². The first-order valence-corrected chi connectivity index (χ1v) is 10.2. The normalized spacial score (nSPS) is 24.8. The van der Waals surface area contributed by atoms with E-state index in [1.165, 1.54) is 17.4 Å². The van der Waals surface area contributed by atoms with E-state index in [0.717, 1.165) is 30.2 Å². The number of hydrogen-bond donors (Lipinski definition) is 1. The molecule has 3 unspecified atom stereocenters. The monoisotopic (exact) mass is 373 g/mol. The van der Waals surface area contributed by atoms with Gasteiger partial charge in [-0.3, -0.25) is 0 Å². The lowest BCUT2D eigenvalue weighted by molar-refractivity contribution is 0.282. The van der Waals surface area contributed by atoms with Gasteiger partial charge in [0.15, 0.2) is 0 Å². The first kappa shape index (κ1) is 17.0. The van der Waals surface area contributed by atoms with Gasteiger partial charge in [-0.05, 0) is 62.4 Å². The summed E-state index contributed by atoms with van der Waals surface area (Å²) in [4.78, 5) is 0. The van der Waals surface area contributed by atoms with Crippen molar-refractivity contribution in [2.24, 2.45) is 5.92 Å². The summed E-state index contributed by atoms with van der Waals surface area (Å²) in [5, 5.41) is 3.23. The van der Waals surface area contributed by atoms with E-state index >= 15 is 0 Å². The molecule has 0 spiro atoms. The predicted molar refractivity (Wildman–Crippen MR) is 91.3 cm³/mol. The van der Waals surface area contributed by atoms with E-state index in [1.54, 1.807) is 0 Å². The SMILES string of the molecule is CNC(c1ccc(Br)cc1C)C1CCCC(S(C)(=O)=O)C1. The van der Waals surface area contributed by atoms with E-state index in [9.17, 15) is 8.42 Å². The van der Waals surface area contributed by atoms with Crippen LogP contribution in [0.3, 0.4) is 0 Å². The van der Waals surface area contributed by atoms with Crippen molar-refractivity contribution in [3.8, 4) is 0 Å². The largest absolute Gasteiger partial charge is 0.313 e. The van der Waals surface area contributed by atoms with Crippen LogP contribution in [0.2, 0.25) is 0 Å². The van der Waals surface area contributed by atoms with E-state index in [-0.39, 0.29) is 11.3 Å². The maximum absolute atomic E-state index is 11.9. The predicted octanol–water partition coefficient (Wildman–Crippen LogP) is 3.62. The summed E-state index contributed by atoms with van der Waals surface area (Å²) in [6.45, 7) is 2.11. The molecule has 3 nitrogen and oxygen atoms in total. The highest BCUT2D eigenvalue weighted by Crippen LogP contribution is 2.38. The van der Waals surface area contributed by atoms with Crippen LogP contribution in [0.15, 0.2) is 22.7 Å². The number of benzene rings is 1. The molecule has 1 N–H and O–H groups in total. The number of aryl methyl sites for hydroxylation is 1. The van der Waals surface area contributed by atoms with Gasteiger partial charge in [0.2, 0.25) is 0 Å². The minimum absolute atomic E-state index is 0.178. The van der Waals surface area contributed by atoms with Crippen molar-refractivity contribution < 1.29 is 8.42 Å². The van der Waals surface area contributed by atoms with Crippen LogP contribution < -0.4 is 5.32 Å². The van der Waals surface area contributed by atoms with Gasteiger partial charge in [-0.2, -0.15) is 0 Å². The fourth-order valence-electron chi connectivity index (χ4n) is 3.51. The summed E-state index contributed by atoms with van der Waals surface area (Å²) in [6, 6.07) is 6.55. The molecule has 1 aromatic carbocycles. The van der Waals surface area contributed by atoms with E-state index < -0.39 is 9.84 Å². The van der Waals surface area contributed by atoms with Crippen LogP contribution in [0.5, 0.6) is 0 Å². The van der Waals surface area contributed by atoms with Crippen LogP contribution in [0.25, 0.3) is 0 Å². The van der Waals surface area contributed by atoms with Crippen LogP contribution in [-0.4, -0.2) is 27.0 Å². The number of hydrogen-bond acceptors (Lipinski definition) is 3. The van der Waals surface area contributed by atoms with Gasteiger partial charge in [0.05, 0.1) is 5.25 Å². The third-order valence-corrected chi connectivity index (χ3v) is 6.75. The molecule has 3 atom stereocenters. The molecule has 1 saturated carbocycles. The van der Waals surface area contributed by atoms with Crippen LogP contribution in [0.4, 0.5) is 0 Å². The molecule has 1 aromatic rings. The molecule has 2 rings (SSSR count).